The van der Waals surface area contributed by atoms with Crippen molar-refractivity contribution in [2.75, 3.05) is 26.7 Å². The van der Waals surface area contributed by atoms with Gasteiger partial charge in [-0.25, -0.2) is 0 Å². The van der Waals surface area contributed by atoms with Crippen molar-refractivity contribution in [3.63, 3.8) is 0 Å². The molecule has 19 heavy (non-hydrogen) atoms. The molecule has 1 heterocycles. The Hall–Kier alpha value is -0.380. The lowest BCUT2D eigenvalue weighted by Crippen LogP contribution is -2.36. The molecule has 2 nitrogen and oxygen atoms in total. The molecule has 1 aromatic rings. The first kappa shape index (κ1) is 15.0. The molecule has 3 heteroatoms. The van der Waals surface area contributed by atoms with Crippen molar-refractivity contribution >= 4 is 15.9 Å². The fourth-order valence-electron chi connectivity index (χ4n) is 3.11. The molecule has 0 bridgehead atoms. The van der Waals surface area contributed by atoms with Crippen molar-refractivity contribution in [2.24, 2.45) is 5.92 Å². The van der Waals surface area contributed by atoms with Crippen molar-refractivity contribution < 1.29 is 0 Å². The van der Waals surface area contributed by atoms with E-state index in [2.05, 4.69) is 64.4 Å². The van der Waals surface area contributed by atoms with Gasteiger partial charge in [-0.15, -0.1) is 0 Å². The van der Waals surface area contributed by atoms with Crippen LogP contribution in [0.1, 0.15) is 37.8 Å². The van der Waals surface area contributed by atoms with E-state index in [1.807, 2.05) is 0 Å². The molecule has 2 rings (SSSR count). The Morgan fingerprint density at radius 2 is 2.11 bits per heavy atom. The first-order valence-corrected chi connectivity index (χ1v) is 8.16. The molecular weight excluding hydrogens is 300 g/mol. The van der Waals surface area contributed by atoms with Crippen LogP contribution in [0.5, 0.6) is 0 Å². The predicted octanol–water partition coefficient (Wildman–Crippen LogP) is 3.83. The average Bonchev–Trinajstić information content (AvgIpc) is 2.41. The summed E-state index contributed by atoms with van der Waals surface area (Å²) in [5.41, 5.74) is 1.42. The Bertz CT molecular complexity index is 388. The predicted molar refractivity (Wildman–Crippen MR) is 85.4 cm³/mol. The van der Waals surface area contributed by atoms with Gasteiger partial charge in [-0.3, -0.25) is 4.90 Å². The van der Waals surface area contributed by atoms with E-state index in [-0.39, 0.29) is 0 Å². The van der Waals surface area contributed by atoms with Crippen molar-refractivity contribution in [2.45, 2.75) is 32.2 Å². The minimum atomic E-state index is 0.535. The van der Waals surface area contributed by atoms with Crippen LogP contribution in [0.15, 0.2) is 28.7 Å². The highest BCUT2D eigenvalue weighted by molar-refractivity contribution is 9.10. The Labute approximate surface area is 125 Å². The SMILES string of the molecule is CCC(c1cccc(Br)c1)N(C)CC1CCNCC1. The maximum atomic E-state index is 3.58. The quantitative estimate of drug-likeness (QED) is 0.885. The molecule has 1 N–H and O–H groups in total. The second-order valence-corrected chi connectivity index (χ2v) is 6.53. The molecule has 1 fully saturated rings. The second-order valence-electron chi connectivity index (χ2n) is 5.61. The summed E-state index contributed by atoms with van der Waals surface area (Å²) < 4.78 is 1.18. The molecule has 1 aromatic carbocycles. The number of hydrogen-bond acceptors (Lipinski definition) is 2. The lowest BCUT2D eigenvalue weighted by atomic mass is 9.95. The summed E-state index contributed by atoms with van der Waals surface area (Å²) in [6, 6.07) is 9.28. The summed E-state index contributed by atoms with van der Waals surface area (Å²) in [6.07, 6.45) is 3.80. The second kappa shape index (κ2) is 7.41. The number of hydrogen-bond donors (Lipinski definition) is 1. The monoisotopic (exact) mass is 324 g/mol. The van der Waals surface area contributed by atoms with Gasteiger partial charge < -0.3 is 5.32 Å². The Balaban J connectivity index is 1.99. The molecule has 1 aliphatic heterocycles. The topological polar surface area (TPSA) is 15.3 Å². The Kier molecular flexibility index (Phi) is 5.86. The molecule has 0 aliphatic carbocycles. The summed E-state index contributed by atoms with van der Waals surface area (Å²) >= 11 is 3.58. The van der Waals surface area contributed by atoms with Gasteiger partial charge in [0.1, 0.15) is 0 Å². The van der Waals surface area contributed by atoms with Crippen LogP contribution in [0.3, 0.4) is 0 Å². The largest absolute Gasteiger partial charge is 0.317 e. The Morgan fingerprint density at radius 3 is 2.74 bits per heavy atom. The fourth-order valence-corrected chi connectivity index (χ4v) is 3.53. The summed E-state index contributed by atoms with van der Waals surface area (Å²) in [5.74, 6) is 0.854. The molecule has 1 atom stereocenters. The van der Waals surface area contributed by atoms with Gasteiger partial charge in [0.25, 0.3) is 0 Å². The summed E-state index contributed by atoms with van der Waals surface area (Å²) in [7, 11) is 2.27. The third-order valence-electron chi connectivity index (χ3n) is 4.16. The van der Waals surface area contributed by atoms with Crippen LogP contribution in [0.25, 0.3) is 0 Å². The van der Waals surface area contributed by atoms with E-state index >= 15 is 0 Å². The van der Waals surface area contributed by atoms with Gasteiger partial charge in [-0.2, -0.15) is 0 Å². The van der Waals surface area contributed by atoms with Crippen LogP contribution in [-0.2, 0) is 0 Å². The Morgan fingerprint density at radius 1 is 1.37 bits per heavy atom. The number of halogens is 1. The van der Waals surface area contributed by atoms with Crippen molar-refractivity contribution in [1.29, 1.82) is 0 Å². The molecular formula is C16H25BrN2. The average molecular weight is 325 g/mol. The van der Waals surface area contributed by atoms with Crippen LogP contribution in [0, 0.1) is 5.92 Å². The standard InChI is InChI=1S/C16H25BrN2/c1-3-16(14-5-4-6-15(17)11-14)19(2)12-13-7-9-18-10-8-13/h4-6,11,13,16,18H,3,7-10,12H2,1-2H3. The smallest absolute Gasteiger partial charge is 0.0342 e. The minimum absolute atomic E-state index is 0.535. The van der Waals surface area contributed by atoms with E-state index in [9.17, 15) is 0 Å². The fraction of sp³-hybridized carbons (Fsp3) is 0.625. The maximum Gasteiger partial charge on any atom is 0.0342 e. The third kappa shape index (κ3) is 4.30. The van der Waals surface area contributed by atoms with Gasteiger partial charge >= 0.3 is 0 Å². The third-order valence-corrected chi connectivity index (χ3v) is 4.65. The molecule has 0 amide bonds. The molecule has 0 saturated carbocycles. The van der Waals surface area contributed by atoms with Gasteiger partial charge in [-0.05, 0) is 63.0 Å². The molecule has 1 unspecified atom stereocenters. The lowest BCUT2D eigenvalue weighted by Gasteiger charge is -2.33. The van der Waals surface area contributed by atoms with Gasteiger partial charge in [0.15, 0.2) is 0 Å². The van der Waals surface area contributed by atoms with Crippen LogP contribution >= 0.6 is 15.9 Å². The molecule has 1 aliphatic rings. The number of nitrogens with one attached hydrogen (secondary N) is 1. The molecule has 0 radical (unpaired) electrons. The highest BCUT2D eigenvalue weighted by Crippen LogP contribution is 2.27. The number of benzene rings is 1. The van der Waals surface area contributed by atoms with Crippen LogP contribution in [0.2, 0.25) is 0 Å². The molecule has 0 aromatic heterocycles. The summed E-state index contributed by atoms with van der Waals surface area (Å²) in [6.45, 7) is 5.87. The van der Waals surface area contributed by atoms with Crippen LogP contribution in [-0.4, -0.2) is 31.6 Å². The number of nitrogens with zero attached hydrogens (tertiary/aromatic N) is 1. The normalized spacial score (nSPS) is 18.7. The van der Waals surface area contributed by atoms with E-state index in [1.165, 1.54) is 42.5 Å². The molecule has 0 spiro atoms. The van der Waals surface area contributed by atoms with Gasteiger partial charge in [0, 0.05) is 17.1 Å². The zero-order valence-electron chi connectivity index (χ0n) is 12.0. The summed E-state index contributed by atoms with van der Waals surface area (Å²) in [4.78, 5) is 2.54. The van der Waals surface area contributed by atoms with E-state index < -0.39 is 0 Å². The van der Waals surface area contributed by atoms with E-state index in [1.54, 1.807) is 0 Å². The zero-order chi connectivity index (χ0) is 13.7. The first-order chi connectivity index (χ1) is 9.20. The minimum Gasteiger partial charge on any atom is -0.317 e. The maximum absolute atomic E-state index is 3.58. The highest BCUT2D eigenvalue weighted by Gasteiger charge is 2.20. The van der Waals surface area contributed by atoms with Gasteiger partial charge in [-0.1, -0.05) is 35.0 Å². The number of piperidine rings is 1. The molecule has 1 saturated heterocycles. The number of rotatable bonds is 5. The van der Waals surface area contributed by atoms with Gasteiger partial charge in [0.05, 0.1) is 0 Å². The lowest BCUT2D eigenvalue weighted by molar-refractivity contribution is 0.182. The van der Waals surface area contributed by atoms with Crippen LogP contribution < -0.4 is 5.32 Å². The first-order valence-electron chi connectivity index (χ1n) is 7.37. The van der Waals surface area contributed by atoms with E-state index in [0.29, 0.717) is 6.04 Å². The van der Waals surface area contributed by atoms with Crippen molar-refractivity contribution in [3.05, 3.63) is 34.3 Å². The van der Waals surface area contributed by atoms with Crippen molar-refractivity contribution in [1.82, 2.24) is 10.2 Å². The molecule has 106 valence electrons. The van der Waals surface area contributed by atoms with E-state index in [4.69, 9.17) is 0 Å². The van der Waals surface area contributed by atoms with Crippen LogP contribution in [0.4, 0.5) is 0 Å². The van der Waals surface area contributed by atoms with Crippen molar-refractivity contribution in [3.8, 4) is 0 Å². The zero-order valence-corrected chi connectivity index (χ0v) is 13.6. The summed E-state index contributed by atoms with van der Waals surface area (Å²) in [5, 5.41) is 3.45. The van der Waals surface area contributed by atoms with E-state index in [0.717, 1.165) is 12.3 Å². The highest BCUT2D eigenvalue weighted by atomic mass is 79.9. The van der Waals surface area contributed by atoms with Gasteiger partial charge in [0.2, 0.25) is 0 Å².